The van der Waals surface area contributed by atoms with Crippen molar-refractivity contribution in [2.24, 2.45) is 0 Å². The quantitative estimate of drug-likeness (QED) is 0.784. The van der Waals surface area contributed by atoms with Crippen molar-refractivity contribution in [3.05, 3.63) is 18.2 Å². The summed E-state index contributed by atoms with van der Waals surface area (Å²) in [6.07, 6.45) is 2.08. The summed E-state index contributed by atoms with van der Waals surface area (Å²) in [5.74, 6) is 1.45. The van der Waals surface area contributed by atoms with Crippen LogP contribution >= 0.6 is 12.2 Å². The van der Waals surface area contributed by atoms with E-state index >= 15 is 0 Å². The molecule has 0 aliphatic carbocycles. The Morgan fingerprint density at radius 3 is 2.42 bits per heavy atom. The van der Waals surface area contributed by atoms with Gasteiger partial charge in [-0.3, -0.25) is 0 Å². The summed E-state index contributed by atoms with van der Waals surface area (Å²) in [6, 6.07) is 5.97. The van der Waals surface area contributed by atoms with Crippen LogP contribution in [-0.4, -0.2) is 25.4 Å². The van der Waals surface area contributed by atoms with Crippen LogP contribution in [0.2, 0.25) is 0 Å². The molecule has 1 rings (SSSR count). The van der Waals surface area contributed by atoms with Gasteiger partial charge in [-0.25, -0.2) is 0 Å². The van der Waals surface area contributed by atoms with E-state index in [1.54, 1.807) is 14.2 Å². The first-order valence-corrected chi connectivity index (χ1v) is 6.84. The standard InChI is InChI=1S/C14H22N2O2S/c1-5-10(6-2)15-14(19)16-12-8-7-11(17-3)9-13(12)18-4/h7-10H,5-6H2,1-4H3,(H2,15,16,19). The van der Waals surface area contributed by atoms with Gasteiger partial charge >= 0.3 is 0 Å². The average molecular weight is 282 g/mol. The van der Waals surface area contributed by atoms with E-state index in [9.17, 15) is 0 Å². The number of benzene rings is 1. The maximum Gasteiger partial charge on any atom is 0.171 e. The molecule has 4 nitrogen and oxygen atoms in total. The Kier molecular flexibility index (Phi) is 6.42. The molecule has 0 unspecified atom stereocenters. The molecule has 0 radical (unpaired) electrons. The van der Waals surface area contributed by atoms with Crippen molar-refractivity contribution in [1.82, 2.24) is 5.32 Å². The highest BCUT2D eigenvalue weighted by molar-refractivity contribution is 7.80. The Labute approximate surface area is 120 Å². The topological polar surface area (TPSA) is 42.5 Å². The third-order valence-corrected chi connectivity index (χ3v) is 3.20. The summed E-state index contributed by atoms with van der Waals surface area (Å²) < 4.78 is 10.5. The molecule has 0 saturated heterocycles. The first kappa shape index (κ1) is 15.6. The molecule has 0 aliphatic heterocycles. The third kappa shape index (κ3) is 4.59. The van der Waals surface area contributed by atoms with Crippen molar-refractivity contribution in [3.8, 4) is 11.5 Å². The van der Waals surface area contributed by atoms with Crippen LogP contribution in [0.15, 0.2) is 18.2 Å². The predicted molar refractivity (Wildman–Crippen MR) is 83.3 cm³/mol. The summed E-state index contributed by atoms with van der Waals surface area (Å²) >= 11 is 5.30. The molecule has 5 heteroatoms. The monoisotopic (exact) mass is 282 g/mol. The van der Waals surface area contributed by atoms with E-state index in [4.69, 9.17) is 21.7 Å². The Morgan fingerprint density at radius 1 is 1.21 bits per heavy atom. The van der Waals surface area contributed by atoms with Gasteiger partial charge in [-0.15, -0.1) is 0 Å². The van der Waals surface area contributed by atoms with Crippen LogP contribution in [0.25, 0.3) is 0 Å². The van der Waals surface area contributed by atoms with Gasteiger partial charge in [0.2, 0.25) is 0 Å². The fraction of sp³-hybridized carbons (Fsp3) is 0.500. The maximum atomic E-state index is 5.32. The average Bonchev–Trinajstić information content (AvgIpc) is 2.45. The summed E-state index contributed by atoms with van der Waals surface area (Å²) in [7, 11) is 3.25. The van der Waals surface area contributed by atoms with E-state index < -0.39 is 0 Å². The zero-order valence-corrected chi connectivity index (χ0v) is 12.8. The van der Waals surface area contributed by atoms with Gasteiger partial charge in [-0.2, -0.15) is 0 Å². The molecule has 0 aliphatic rings. The van der Waals surface area contributed by atoms with Crippen LogP contribution in [0, 0.1) is 0 Å². The molecule has 1 aromatic rings. The number of thiocarbonyl (C=S) groups is 1. The fourth-order valence-corrected chi connectivity index (χ4v) is 2.02. The first-order valence-electron chi connectivity index (χ1n) is 6.44. The summed E-state index contributed by atoms with van der Waals surface area (Å²) in [5.41, 5.74) is 0.826. The largest absolute Gasteiger partial charge is 0.497 e. The number of ether oxygens (including phenoxy) is 2. The Balaban J connectivity index is 2.73. The van der Waals surface area contributed by atoms with Gasteiger partial charge in [-0.05, 0) is 37.2 Å². The highest BCUT2D eigenvalue weighted by atomic mass is 32.1. The lowest BCUT2D eigenvalue weighted by molar-refractivity contribution is 0.395. The smallest absolute Gasteiger partial charge is 0.171 e. The lowest BCUT2D eigenvalue weighted by Crippen LogP contribution is -2.37. The van der Waals surface area contributed by atoms with Gasteiger partial charge < -0.3 is 20.1 Å². The fourth-order valence-electron chi connectivity index (χ4n) is 1.74. The third-order valence-electron chi connectivity index (χ3n) is 2.98. The number of methoxy groups -OCH3 is 2. The van der Waals surface area contributed by atoms with Crippen LogP contribution < -0.4 is 20.1 Å². The molecule has 0 bridgehead atoms. The van der Waals surface area contributed by atoms with Crippen molar-refractivity contribution in [1.29, 1.82) is 0 Å². The molecule has 19 heavy (non-hydrogen) atoms. The van der Waals surface area contributed by atoms with Crippen molar-refractivity contribution in [2.45, 2.75) is 32.7 Å². The molecule has 0 aromatic heterocycles. The number of hydrogen-bond donors (Lipinski definition) is 2. The lowest BCUT2D eigenvalue weighted by Gasteiger charge is -2.19. The highest BCUT2D eigenvalue weighted by Gasteiger charge is 2.09. The second-order valence-electron chi connectivity index (χ2n) is 4.18. The lowest BCUT2D eigenvalue weighted by atomic mass is 10.2. The van der Waals surface area contributed by atoms with Gasteiger partial charge in [0.15, 0.2) is 5.11 Å². The minimum absolute atomic E-state index is 0.393. The minimum atomic E-state index is 0.393. The Bertz CT molecular complexity index is 420. The van der Waals surface area contributed by atoms with E-state index in [-0.39, 0.29) is 0 Å². The number of rotatable bonds is 6. The molecule has 2 N–H and O–H groups in total. The Morgan fingerprint density at radius 2 is 1.89 bits per heavy atom. The van der Waals surface area contributed by atoms with Gasteiger partial charge in [0.1, 0.15) is 11.5 Å². The van der Waals surface area contributed by atoms with Crippen molar-refractivity contribution in [2.75, 3.05) is 19.5 Å². The molecule has 0 spiro atoms. The van der Waals surface area contributed by atoms with Crippen molar-refractivity contribution < 1.29 is 9.47 Å². The summed E-state index contributed by atoms with van der Waals surface area (Å²) in [6.45, 7) is 4.27. The summed E-state index contributed by atoms with van der Waals surface area (Å²) in [4.78, 5) is 0. The van der Waals surface area contributed by atoms with Crippen LogP contribution in [-0.2, 0) is 0 Å². The zero-order chi connectivity index (χ0) is 14.3. The van der Waals surface area contributed by atoms with Crippen LogP contribution in [0.1, 0.15) is 26.7 Å². The van der Waals surface area contributed by atoms with E-state index in [1.807, 2.05) is 18.2 Å². The highest BCUT2D eigenvalue weighted by Crippen LogP contribution is 2.28. The van der Waals surface area contributed by atoms with E-state index in [1.165, 1.54) is 0 Å². The molecule has 1 aromatic carbocycles. The minimum Gasteiger partial charge on any atom is -0.497 e. The SMILES string of the molecule is CCC(CC)NC(=S)Nc1ccc(OC)cc1OC. The van der Waals surface area contributed by atoms with Crippen molar-refractivity contribution in [3.63, 3.8) is 0 Å². The molecular formula is C14H22N2O2S. The molecule has 0 atom stereocenters. The van der Waals surface area contributed by atoms with E-state index in [0.29, 0.717) is 16.9 Å². The molecule has 0 fully saturated rings. The Hall–Kier alpha value is -1.49. The second-order valence-corrected chi connectivity index (χ2v) is 4.59. The van der Waals surface area contributed by atoms with Crippen LogP contribution in [0.5, 0.6) is 11.5 Å². The van der Waals surface area contributed by atoms with E-state index in [0.717, 1.165) is 24.3 Å². The molecule has 0 saturated carbocycles. The van der Waals surface area contributed by atoms with Gasteiger partial charge in [0.05, 0.1) is 19.9 Å². The van der Waals surface area contributed by atoms with Gasteiger partial charge in [0, 0.05) is 12.1 Å². The van der Waals surface area contributed by atoms with Crippen molar-refractivity contribution >= 4 is 23.0 Å². The first-order chi connectivity index (χ1) is 9.14. The van der Waals surface area contributed by atoms with E-state index in [2.05, 4.69) is 24.5 Å². The zero-order valence-electron chi connectivity index (χ0n) is 11.9. The van der Waals surface area contributed by atoms with Crippen LogP contribution in [0.3, 0.4) is 0 Å². The molecule has 0 heterocycles. The second kappa shape index (κ2) is 7.84. The number of nitrogens with one attached hydrogen (secondary N) is 2. The molecular weight excluding hydrogens is 260 g/mol. The predicted octanol–water partition coefficient (Wildman–Crippen LogP) is 3.18. The molecule has 0 amide bonds. The van der Waals surface area contributed by atoms with Crippen LogP contribution in [0.4, 0.5) is 5.69 Å². The number of hydrogen-bond acceptors (Lipinski definition) is 3. The number of anilines is 1. The molecule has 106 valence electrons. The van der Waals surface area contributed by atoms with Gasteiger partial charge in [-0.1, -0.05) is 13.8 Å². The summed E-state index contributed by atoms with van der Waals surface area (Å²) in [5, 5.41) is 7.04. The normalized spacial score (nSPS) is 10.2. The van der Waals surface area contributed by atoms with Gasteiger partial charge in [0.25, 0.3) is 0 Å². The maximum absolute atomic E-state index is 5.32.